The Hall–Kier alpha value is -3.41. The number of anilines is 1. The number of carbonyl (C=O) groups excluding carboxylic acids is 2. The Labute approximate surface area is 151 Å². The molecule has 0 saturated carbocycles. The van der Waals surface area contributed by atoms with E-state index in [2.05, 4.69) is 10.4 Å². The Morgan fingerprint density at radius 3 is 2.58 bits per heavy atom. The number of amides is 1. The van der Waals surface area contributed by atoms with Crippen LogP contribution in [0, 0.1) is 0 Å². The first-order valence-corrected chi connectivity index (χ1v) is 8.09. The Morgan fingerprint density at radius 1 is 1.08 bits per heavy atom. The molecule has 0 unspecified atom stereocenters. The molecule has 0 bridgehead atoms. The van der Waals surface area contributed by atoms with Crippen LogP contribution in [0.2, 0.25) is 0 Å². The molecule has 26 heavy (non-hydrogen) atoms. The molecule has 1 aromatic heterocycles. The fourth-order valence-corrected chi connectivity index (χ4v) is 2.64. The second-order valence-electron chi connectivity index (χ2n) is 5.86. The van der Waals surface area contributed by atoms with Crippen LogP contribution >= 0.6 is 0 Å². The summed E-state index contributed by atoms with van der Waals surface area (Å²) in [5, 5.41) is 7.07. The third-order valence-electron chi connectivity index (χ3n) is 4.00. The Balaban J connectivity index is 1.85. The van der Waals surface area contributed by atoms with E-state index in [1.165, 1.54) is 6.92 Å². The Kier molecular flexibility index (Phi) is 4.84. The number of aromatic nitrogens is 2. The standard InChI is InChI=1S/C20H19N3O3/c1-13(24)14-6-4-8-16(10-14)21-20(25)18-12-19(23(2)22-18)15-7-5-9-17(11-15)26-3/h4-12H,1-3H3,(H,21,25). The highest BCUT2D eigenvalue weighted by Gasteiger charge is 2.15. The molecule has 0 aliphatic rings. The number of Topliss-reactive ketones (excluding diaryl/α,β-unsaturated/α-hetero) is 1. The number of hydrogen-bond donors (Lipinski definition) is 1. The highest BCUT2D eigenvalue weighted by molar-refractivity contribution is 6.04. The van der Waals surface area contributed by atoms with Gasteiger partial charge in [0.25, 0.3) is 5.91 Å². The van der Waals surface area contributed by atoms with E-state index in [1.807, 2.05) is 24.3 Å². The molecule has 0 atom stereocenters. The molecular weight excluding hydrogens is 330 g/mol. The van der Waals surface area contributed by atoms with E-state index in [4.69, 9.17) is 4.74 Å². The second-order valence-corrected chi connectivity index (χ2v) is 5.86. The van der Waals surface area contributed by atoms with Gasteiger partial charge >= 0.3 is 0 Å². The van der Waals surface area contributed by atoms with E-state index in [0.29, 0.717) is 16.9 Å². The molecule has 0 spiro atoms. The van der Waals surface area contributed by atoms with Gasteiger partial charge < -0.3 is 10.1 Å². The van der Waals surface area contributed by atoms with Crippen LogP contribution in [0.5, 0.6) is 5.75 Å². The van der Waals surface area contributed by atoms with Gasteiger partial charge in [-0.2, -0.15) is 5.10 Å². The molecule has 0 radical (unpaired) electrons. The minimum absolute atomic E-state index is 0.0563. The van der Waals surface area contributed by atoms with Crippen molar-refractivity contribution in [1.29, 1.82) is 0 Å². The van der Waals surface area contributed by atoms with Gasteiger partial charge in [0.2, 0.25) is 0 Å². The molecule has 6 nitrogen and oxygen atoms in total. The second kappa shape index (κ2) is 7.23. The Morgan fingerprint density at radius 2 is 1.85 bits per heavy atom. The number of aryl methyl sites for hydroxylation is 1. The number of rotatable bonds is 5. The normalized spacial score (nSPS) is 10.4. The summed E-state index contributed by atoms with van der Waals surface area (Å²) in [6.07, 6.45) is 0. The van der Waals surface area contributed by atoms with Gasteiger partial charge in [0.05, 0.1) is 12.8 Å². The van der Waals surface area contributed by atoms with Crippen LogP contribution in [0.4, 0.5) is 5.69 Å². The predicted octanol–water partition coefficient (Wildman–Crippen LogP) is 3.55. The van der Waals surface area contributed by atoms with E-state index < -0.39 is 0 Å². The van der Waals surface area contributed by atoms with Crippen molar-refractivity contribution in [3.8, 4) is 17.0 Å². The topological polar surface area (TPSA) is 73.2 Å². The largest absolute Gasteiger partial charge is 0.497 e. The van der Waals surface area contributed by atoms with Crippen LogP contribution in [0.25, 0.3) is 11.3 Å². The third kappa shape index (κ3) is 3.64. The van der Waals surface area contributed by atoms with Crippen LogP contribution in [-0.4, -0.2) is 28.6 Å². The molecule has 0 aliphatic heterocycles. The molecule has 0 saturated heterocycles. The average Bonchev–Trinajstić information content (AvgIpc) is 3.04. The van der Waals surface area contributed by atoms with Crippen LogP contribution in [0.3, 0.4) is 0 Å². The molecule has 1 amide bonds. The summed E-state index contributed by atoms with van der Waals surface area (Å²) in [7, 11) is 3.39. The SMILES string of the molecule is COc1cccc(-c2cc(C(=O)Nc3cccc(C(C)=O)c3)nn2C)c1. The number of nitrogens with one attached hydrogen (secondary N) is 1. The summed E-state index contributed by atoms with van der Waals surface area (Å²) < 4.78 is 6.89. The first kappa shape index (κ1) is 17.4. The maximum Gasteiger partial charge on any atom is 0.276 e. The van der Waals surface area contributed by atoms with E-state index in [0.717, 1.165) is 17.0 Å². The monoisotopic (exact) mass is 349 g/mol. The lowest BCUT2D eigenvalue weighted by Gasteiger charge is -2.04. The lowest BCUT2D eigenvalue weighted by Crippen LogP contribution is -2.13. The van der Waals surface area contributed by atoms with Gasteiger partial charge in [-0.25, -0.2) is 0 Å². The lowest BCUT2D eigenvalue weighted by atomic mass is 10.1. The fraction of sp³-hybridized carbons (Fsp3) is 0.150. The lowest BCUT2D eigenvalue weighted by molar-refractivity contribution is 0.100. The molecule has 0 aliphatic carbocycles. The highest BCUT2D eigenvalue weighted by atomic mass is 16.5. The first-order chi connectivity index (χ1) is 12.5. The summed E-state index contributed by atoms with van der Waals surface area (Å²) >= 11 is 0. The quantitative estimate of drug-likeness (QED) is 0.715. The van der Waals surface area contributed by atoms with Crippen LogP contribution in [0.1, 0.15) is 27.8 Å². The molecule has 6 heteroatoms. The minimum atomic E-state index is -0.338. The van der Waals surface area contributed by atoms with Crippen LogP contribution < -0.4 is 10.1 Å². The van der Waals surface area contributed by atoms with Crippen molar-refractivity contribution < 1.29 is 14.3 Å². The van der Waals surface area contributed by atoms with Crippen molar-refractivity contribution in [1.82, 2.24) is 9.78 Å². The van der Waals surface area contributed by atoms with Crippen molar-refractivity contribution in [2.75, 3.05) is 12.4 Å². The zero-order valence-corrected chi connectivity index (χ0v) is 14.8. The van der Waals surface area contributed by atoms with Crippen molar-refractivity contribution in [3.05, 3.63) is 65.9 Å². The predicted molar refractivity (Wildman–Crippen MR) is 99.6 cm³/mol. The molecule has 0 fully saturated rings. The molecule has 1 heterocycles. The maximum absolute atomic E-state index is 12.5. The van der Waals surface area contributed by atoms with Gasteiger partial charge in [0.15, 0.2) is 11.5 Å². The summed E-state index contributed by atoms with van der Waals surface area (Å²) in [4.78, 5) is 24.0. The number of hydrogen-bond acceptors (Lipinski definition) is 4. The molecule has 3 rings (SSSR count). The molecular formula is C20H19N3O3. The smallest absolute Gasteiger partial charge is 0.276 e. The zero-order chi connectivity index (χ0) is 18.7. The van der Waals surface area contributed by atoms with E-state index >= 15 is 0 Å². The van der Waals surface area contributed by atoms with Gasteiger partial charge in [0.1, 0.15) is 5.75 Å². The van der Waals surface area contributed by atoms with Gasteiger partial charge in [-0.3, -0.25) is 14.3 Å². The number of benzene rings is 2. The number of carbonyl (C=O) groups is 2. The Bertz CT molecular complexity index is 976. The van der Waals surface area contributed by atoms with Gasteiger partial charge in [0, 0.05) is 23.9 Å². The zero-order valence-electron chi connectivity index (χ0n) is 14.8. The minimum Gasteiger partial charge on any atom is -0.497 e. The van der Waals surface area contributed by atoms with Gasteiger partial charge in [-0.15, -0.1) is 0 Å². The fourth-order valence-electron chi connectivity index (χ4n) is 2.64. The molecule has 1 N–H and O–H groups in total. The summed E-state index contributed by atoms with van der Waals surface area (Å²) in [6.45, 7) is 1.49. The van der Waals surface area contributed by atoms with E-state index in [9.17, 15) is 9.59 Å². The molecule has 3 aromatic rings. The number of ketones is 1. The number of ether oxygens (including phenoxy) is 1. The summed E-state index contributed by atoms with van der Waals surface area (Å²) in [6, 6.07) is 16.1. The molecule has 132 valence electrons. The van der Waals surface area contributed by atoms with E-state index in [-0.39, 0.29) is 11.7 Å². The maximum atomic E-state index is 12.5. The highest BCUT2D eigenvalue weighted by Crippen LogP contribution is 2.24. The van der Waals surface area contributed by atoms with Gasteiger partial charge in [-0.1, -0.05) is 24.3 Å². The van der Waals surface area contributed by atoms with Crippen molar-refractivity contribution in [2.45, 2.75) is 6.92 Å². The number of nitrogens with zero attached hydrogens (tertiary/aromatic N) is 2. The van der Waals surface area contributed by atoms with Crippen LogP contribution in [0.15, 0.2) is 54.6 Å². The third-order valence-corrected chi connectivity index (χ3v) is 4.00. The van der Waals surface area contributed by atoms with Crippen molar-refractivity contribution >= 4 is 17.4 Å². The summed E-state index contributed by atoms with van der Waals surface area (Å²) in [5.74, 6) is 0.338. The summed E-state index contributed by atoms with van der Waals surface area (Å²) in [5.41, 5.74) is 3.08. The van der Waals surface area contributed by atoms with Crippen molar-refractivity contribution in [2.24, 2.45) is 7.05 Å². The molecule has 2 aromatic carbocycles. The van der Waals surface area contributed by atoms with E-state index in [1.54, 1.807) is 49.2 Å². The van der Waals surface area contributed by atoms with Gasteiger partial charge in [-0.05, 0) is 37.3 Å². The van der Waals surface area contributed by atoms with Crippen molar-refractivity contribution in [3.63, 3.8) is 0 Å². The average molecular weight is 349 g/mol. The number of methoxy groups -OCH3 is 1. The first-order valence-electron chi connectivity index (χ1n) is 8.09. The van der Waals surface area contributed by atoms with Crippen LogP contribution in [-0.2, 0) is 7.05 Å².